The van der Waals surface area contributed by atoms with Gasteiger partial charge in [-0.15, -0.1) is 28.6 Å². The van der Waals surface area contributed by atoms with Gasteiger partial charge >= 0.3 is 0 Å². The summed E-state index contributed by atoms with van der Waals surface area (Å²) in [6.07, 6.45) is 0. The van der Waals surface area contributed by atoms with Crippen molar-refractivity contribution >= 4 is 40.2 Å². The van der Waals surface area contributed by atoms with Crippen LogP contribution in [0.5, 0.6) is 0 Å². The van der Waals surface area contributed by atoms with Gasteiger partial charge in [0.25, 0.3) is 0 Å². The lowest BCUT2D eigenvalue weighted by atomic mass is 9.93. The molecule has 54 valence electrons. The molecule has 0 N–H and O–H groups in total. The van der Waals surface area contributed by atoms with Gasteiger partial charge in [0, 0.05) is 5.02 Å². The molecule has 1 aromatic carbocycles. The number of benzene rings is 1. The molecule has 0 saturated heterocycles. The highest BCUT2D eigenvalue weighted by Crippen LogP contribution is 2.42. The maximum Gasteiger partial charge on any atom is 0.0850 e. The van der Waals surface area contributed by atoms with Crippen molar-refractivity contribution in [2.45, 2.75) is 5.38 Å². The van der Waals surface area contributed by atoms with Crippen LogP contribution in [0.2, 0.25) is 5.02 Å². The van der Waals surface area contributed by atoms with Crippen LogP contribution in [0.3, 0.4) is 0 Å². The van der Waals surface area contributed by atoms with E-state index in [1.165, 1.54) is 5.56 Å². The Kier molecular flexibility index (Phi) is 2.28. The Balaban J connectivity index is 0.000000500. The van der Waals surface area contributed by atoms with Gasteiger partial charge in [0.05, 0.1) is 5.38 Å². The molecule has 1 unspecified atom stereocenters. The van der Waals surface area contributed by atoms with Crippen LogP contribution in [0.1, 0.15) is 16.5 Å². The second kappa shape index (κ2) is 2.72. The average molecular weight is 240 g/mol. The van der Waals surface area contributed by atoms with E-state index in [1.807, 2.05) is 18.2 Å². The van der Waals surface area contributed by atoms with Crippen LogP contribution < -0.4 is 0 Å². The van der Waals surface area contributed by atoms with Gasteiger partial charge in [0.1, 0.15) is 0 Å². The predicted octanol–water partition coefficient (Wildman–Crippen LogP) is 3.56. The van der Waals surface area contributed by atoms with Crippen molar-refractivity contribution in [3.05, 3.63) is 34.3 Å². The molecule has 0 radical (unpaired) electrons. The standard InChI is InChI=1S/C7H4Cl2.BrH/c8-6-2-1-4-3-5(6)7(4)9;/h1-3,7H;1H. The van der Waals surface area contributed by atoms with Gasteiger partial charge in [-0.25, -0.2) is 0 Å². The predicted molar refractivity (Wildman–Crippen MR) is 49.5 cm³/mol. The molecule has 0 spiro atoms. The molecule has 3 rings (SSSR count). The van der Waals surface area contributed by atoms with E-state index in [-0.39, 0.29) is 22.4 Å². The Morgan fingerprint density at radius 3 is 2.30 bits per heavy atom. The van der Waals surface area contributed by atoms with Crippen LogP contribution in [0.4, 0.5) is 0 Å². The van der Waals surface area contributed by atoms with Gasteiger partial charge in [-0.05, 0) is 17.2 Å². The lowest BCUT2D eigenvalue weighted by molar-refractivity contribution is 1.04. The molecule has 0 aromatic heterocycles. The van der Waals surface area contributed by atoms with Crippen LogP contribution in [0.15, 0.2) is 18.2 Å². The third-order valence-corrected chi connectivity index (χ3v) is 2.42. The quantitative estimate of drug-likeness (QED) is 0.608. The number of alkyl halides is 1. The summed E-state index contributed by atoms with van der Waals surface area (Å²) in [5, 5.41) is 0.854. The summed E-state index contributed by atoms with van der Waals surface area (Å²) < 4.78 is 0. The van der Waals surface area contributed by atoms with E-state index in [2.05, 4.69) is 0 Å². The summed E-state index contributed by atoms with van der Waals surface area (Å²) in [4.78, 5) is 0. The average Bonchev–Trinajstić information content (AvgIpc) is 1.86. The first-order valence-electron chi connectivity index (χ1n) is 2.72. The summed E-state index contributed by atoms with van der Waals surface area (Å²) in [5.41, 5.74) is 2.24. The third-order valence-electron chi connectivity index (χ3n) is 1.59. The largest absolute Gasteiger partial charge is 0.114 e. The molecule has 0 heterocycles. The molecule has 0 aliphatic heterocycles. The van der Waals surface area contributed by atoms with Gasteiger partial charge < -0.3 is 0 Å². The fourth-order valence-electron chi connectivity index (χ4n) is 0.997. The second-order valence-electron chi connectivity index (χ2n) is 2.14. The molecule has 0 amide bonds. The summed E-state index contributed by atoms with van der Waals surface area (Å²) in [5.74, 6) is 0. The molecule has 2 aliphatic carbocycles. The topological polar surface area (TPSA) is 0 Å². The Morgan fingerprint density at radius 1 is 1.30 bits per heavy atom. The summed E-state index contributed by atoms with van der Waals surface area (Å²) >= 11 is 11.6. The fraction of sp³-hybridized carbons (Fsp3) is 0.143. The Hall–Kier alpha value is 0.280. The van der Waals surface area contributed by atoms with Gasteiger partial charge in [0.2, 0.25) is 0 Å². The lowest BCUT2D eigenvalue weighted by Gasteiger charge is -2.22. The van der Waals surface area contributed by atoms with E-state index in [1.54, 1.807) is 0 Å². The maximum absolute atomic E-state index is 5.85. The molecule has 10 heavy (non-hydrogen) atoms. The van der Waals surface area contributed by atoms with Gasteiger partial charge in [0.15, 0.2) is 0 Å². The number of fused-ring (bicyclic) bond motifs is 2. The Labute approximate surface area is 79.9 Å². The van der Waals surface area contributed by atoms with Crippen LogP contribution in [0.25, 0.3) is 0 Å². The zero-order chi connectivity index (χ0) is 6.43. The van der Waals surface area contributed by atoms with Crippen LogP contribution >= 0.6 is 40.2 Å². The lowest BCUT2D eigenvalue weighted by Crippen LogP contribution is -2.04. The molecule has 0 saturated carbocycles. The van der Waals surface area contributed by atoms with Crippen molar-refractivity contribution < 1.29 is 0 Å². The first-order chi connectivity index (χ1) is 4.29. The molecule has 0 nitrogen and oxygen atoms in total. The van der Waals surface area contributed by atoms with Crippen molar-refractivity contribution in [2.24, 2.45) is 0 Å². The fourth-order valence-corrected chi connectivity index (χ4v) is 1.60. The van der Waals surface area contributed by atoms with E-state index in [9.17, 15) is 0 Å². The molecular weight excluding hydrogens is 235 g/mol. The molecule has 1 atom stereocenters. The first-order valence-corrected chi connectivity index (χ1v) is 3.54. The van der Waals surface area contributed by atoms with E-state index in [0.29, 0.717) is 0 Å². The van der Waals surface area contributed by atoms with Crippen molar-refractivity contribution in [1.82, 2.24) is 0 Å². The van der Waals surface area contributed by atoms with Crippen molar-refractivity contribution in [1.29, 1.82) is 0 Å². The highest BCUT2D eigenvalue weighted by atomic mass is 79.9. The molecule has 2 bridgehead atoms. The highest BCUT2D eigenvalue weighted by molar-refractivity contribution is 8.93. The van der Waals surface area contributed by atoms with Gasteiger partial charge in [-0.2, -0.15) is 0 Å². The number of hydrogen-bond acceptors (Lipinski definition) is 0. The van der Waals surface area contributed by atoms with E-state index in [0.717, 1.165) is 10.6 Å². The minimum Gasteiger partial charge on any atom is -0.114 e. The molecular formula is C7H5BrCl2. The van der Waals surface area contributed by atoms with Gasteiger partial charge in [-0.1, -0.05) is 23.7 Å². The number of halogens is 3. The normalized spacial score (nSPS) is 19.2. The zero-order valence-electron chi connectivity index (χ0n) is 4.97. The van der Waals surface area contributed by atoms with Crippen LogP contribution in [-0.4, -0.2) is 0 Å². The van der Waals surface area contributed by atoms with E-state index >= 15 is 0 Å². The van der Waals surface area contributed by atoms with Crippen molar-refractivity contribution in [2.75, 3.05) is 0 Å². The summed E-state index contributed by atoms with van der Waals surface area (Å²) in [6, 6.07) is 5.85. The molecule has 3 heteroatoms. The number of rotatable bonds is 0. The van der Waals surface area contributed by atoms with Crippen molar-refractivity contribution in [3.8, 4) is 0 Å². The van der Waals surface area contributed by atoms with Crippen molar-refractivity contribution in [3.63, 3.8) is 0 Å². The monoisotopic (exact) mass is 238 g/mol. The van der Waals surface area contributed by atoms with Crippen LogP contribution in [0, 0.1) is 0 Å². The molecule has 2 aliphatic rings. The van der Waals surface area contributed by atoms with Gasteiger partial charge in [-0.3, -0.25) is 0 Å². The first kappa shape index (κ1) is 8.38. The van der Waals surface area contributed by atoms with Crippen LogP contribution in [-0.2, 0) is 0 Å². The van der Waals surface area contributed by atoms with E-state index < -0.39 is 0 Å². The second-order valence-corrected chi connectivity index (χ2v) is 2.99. The van der Waals surface area contributed by atoms with E-state index in [4.69, 9.17) is 23.2 Å². The number of hydrogen-bond donors (Lipinski definition) is 0. The third kappa shape index (κ3) is 0.969. The minimum absolute atomic E-state index is 0. The zero-order valence-corrected chi connectivity index (χ0v) is 8.20. The molecule has 1 aromatic rings. The molecule has 0 fully saturated rings. The minimum atomic E-state index is 0. The Bertz CT molecular complexity index is 256. The summed E-state index contributed by atoms with van der Waals surface area (Å²) in [7, 11) is 0. The SMILES string of the molecule is Br.Clc1ccc2cc1C2Cl. The summed E-state index contributed by atoms with van der Waals surface area (Å²) in [6.45, 7) is 0. The Morgan fingerprint density at radius 2 is 2.00 bits per heavy atom. The smallest absolute Gasteiger partial charge is 0.0850 e. The maximum atomic E-state index is 5.85. The highest BCUT2D eigenvalue weighted by Gasteiger charge is 2.23.